The Morgan fingerprint density at radius 2 is 2.00 bits per heavy atom. The molecule has 1 heterocycles. The summed E-state index contributed by atoms with van der Waals surface area (Å²) in [4.78, 5) is 36.1. The number of hydrogen-bond acceptors (Lipinski definition) is 4. The third-order valence-electron chi connectivity index (χ3n) is 3.40. The summed E-state index contributed by atoms with van der Waals surface area (Å²) in [6.45, 7) is 1.84. The van der Waals surface area contributed by atoms with Gasteiger partial charge in [0.25, 0.3) is 11.8 Å². The monoisotopic (exact) mass is 380 g/mol. The minimum Gasteiger partial charge on any atom is -0.480 e. The minimum absolute atomic E-state index is 0.216. The quantitative estimate of drug-likeness (QED) is 0.683. The van der Waals surface area contributed by atoms with E-state index in [1.54, 1.807) is 17.5 Å². The van der Waals surface area contributed by atoms with Crippen LogP contribution in [0.15, 0.2) is 35.7 Å². The van der Waals surface area contributed by atoms with E-state index in [0.717, 1.165) is 0 Å². The summed E-state index contributed by atoms with van der Waals surface area (Å²) in [6.07, 6.45) is 0.955. The summed E-state index contributed by atoms with van der Waals surface area (Å²) >= 11 is 7.36. The van der Waals surface area contributed by atoms with Crippen molar-refractivity contribution in [2.75, 3.05) is 5.32 Å². The van der Waals surface area contributed by atoms with Crippen LogP contribution >= 0.6 is 22.9 Å². The molecule has 0 spiro atoms. The van der Waals surface area contributed by atoms with Gasteiger partial charge in [-0.1, -0.05) is 31.0 Å². The second kappa shape index (κ2) is 8.64. The molecular formula is C17H17ClN2O4S. The first-order valence-electron chi connectivity index (χ1n) is 7.60. The summed E-state index contributed by atoms with van der Waals surface area (Å²) in [7, 11) is 0. The van der Waals surface area contributed by atoms with Crippen LogP contribution in [0.4, 0.5) is 5.69 Å². The van der Waals surface area contributed by atoms with Gasteiger partial charge in [0.15, 0.2) is 0 Å². The van der Waals surface area contributed by atoms with E-state index in [-0.39, 0.29) is 22.2 Å². The lowest BCUT2D eigenvalue weighted by Crippen LogP contribution is -2.40. The number of carbonyl (C=O) groups is 3. The molecule has 2 amide bonds. The van der Waals surface area contributed by atoms with Crippen LogP contribution in [0.2, 0.25) is 5.02 Å². The third kappa shape index (κ3) is 5.04. The van der Waals surface area contributed by atoms with Crippen LogP contribution in [0.1, 0.15) is 39.8 Å². The molecule has 2 aromatic rings. The summed E-state index contributed by atoms with van der Waals surface area (Å²) in [6, 6.07) is 6.85. The number of thiophene rings is 1. The number of rotatable bonds is 7. The zero-order valence-electron chi connectivity index (χ0n) is 13.4. The Morgan fingerprint density at radius 1 is 1.24 bits per heavy atom. The van der Waals surface area contributed by atoms with Gasteiger partial charge in [-0.25, -0.2) is 4.79 Å². The maximum atomic E-state index is 12.3. The topological polar surface area (TPSA) is 95.5 Å². The molecule has 1 atom stereocenters. The van der Waals surface area contributed by atoms with Crippen molar-refractivity contribution >= 4 is 46.4 Å². The molecule has 0 fully saturated rings. The van der Waals surface area contributed by atoms with Gasteiger partial charge in [0, 0.05) is 5.56 Å². The first-order valence-corrected chi connectivity index (χ1v) is 8.86. The lowest BCUT2D eigenvalue weighted by molar-refractivity contribution is -0.139. The van der Waals surface area contributed by atoms with Gasteiger partial charge in [0.1, 0.15) is 6.04 Å². The molecule has 6 nitrogen and oxygen atoms in total. The fraction of sp³-hybridized carbons (Fsp3) is 0.235. The average molecular weight is 381 g/mol. The smallest absolute Gasteiger partial charge is 0.326 e. The Labute approximate surface area is 153 Å². The summed E-state index contributed by atoms with van der Waals surface area (Å²) in [5.41, 5.74) is 0.503. The summed E-state index contributed by atoms with van der Waals surface area (Å²) in [5.74, 6) is -1.96. The summed E-state index contributed by atoms with van der Waals surface area (Å²) < 4.78 is 0. The van der Waals surface area contributed by atoms with Crippen molar-refractivity contribution < 1.29 is 19.5 Å². The van der Waals surface area contributed by atoms with E-state index in [2.05, 4.69) is 10.6 Å². The number of aliphatic carboxylic acids is 1. The van der Waals surface area contributed by atoms with Gasteiger partial charge in [-0.3, -0.25) is 9.59 Å². The standard InChI is InChI=1S/C17H17ClN2O4S/c1-2-4-12(17(23)24)19-15(21)10-6-7-11(18)13(9-10)20-16(22)14-5-3-8-25-14/h3,5-9,12H,2,4H2,1H3,(H,19,21)(H,20,22)(H,23,24). The van der Waals surface area contributed by atoms with Crippen molar-refractivity contribution in [2.45, 2.75) is 25.8 Å². The molecule has 3 N–H and O–H groups in total. The highest BCUT2D eigenvalue weighted by molar-refractivity contribution is 7.12. The fourth-order valence-corrected chi connectivity index (χ4v) is 2.93. The van der Waals surface area contributed by atoms with Crippen LogP contribution in [0.5, 0.6) is 0 Å². The molecule has 0 saturated heterocycles. The zero-order chi connectivity index (χ0) is 18.4. The van der Waals surface area contributed by atoms with E-state index in [4.69, 9.17) is 16.7 Å². The maximum absolute atomic E-state index is 12.3. The van der Waals surface area contributed by atoms with Crippen LogP contribution in [-0.4, -0.2) is 28.9 Å². The van der Waals surface area contributed by atoms with Crippen LogP contribution < -0.4 is 10.6 Å². The van der Waals surface area contributed by atoms with Gasteiger partial charge < -0.3 is 15.7 Å². The Kier molecular flexibility index (Phi) is 6.55. The number of hydrogen-bond donors (Lipinski definition) is 3. The van der Waals surface area contributed by atoms with Crippen molar-refractivity contribution in [1.82, 2.24) is 5.32 Å². The Bertz CT molecular complexity index is 777. The first kappa shape index (κ1) is 19.0. The fourth-order valence-electron chi connectivity index (χ4n) is 2.14. The number of benzene rings is 1. The molecule has 0 saturated carbocycles. The molecule has 0 radical (unpaired) electrons. The van der Waals surface area contributed by atoms with E-state index >= 15 is 0 Å². The highest BCUT2D eigenvalue weighted by Crippen LogP contribution is 2.24. The molecule has 132 valence electrons. The second-order valence-corrected chi connectivity index (χ2v) is 6.63. The van der Waals surface area contributed by atoms with Gasteiger partial charge in [-0.2, -0.15) is 0 Å². The van der Waals surface area contributed by atoms with E-state index < -0.39 is 17.9 Å². The molecule has 1 unspecified atom stereocenters. The Hall–Kier alpha value is -2.38. The molecule has 1 aromatic heterocycles. The number of carboxylic acids is 1. The predicted molar refractivity (Wildman–Crippen MR) is 97.5 cm³/mol. The molecule has 0 aliphatic carbocycles. The molecule has 8 heteroatoms. The second-order valence-electron chi connectivity index (χ2n) is 5.28. The lowest BCUT2D eigenvalue weighted by atomic mass is 10.1. The summed E-state index contributed by atoms with van der Waals surface area (Å²) in [5, 5.41) is 16.3. The van der Waals surface area contributed by atoms with Gasteiger partial charge in [0.05, 0.1) is 15.6 Å². The van der Waals surface area contributed by atoms with Crippen molar-refractivity contribution in [1.29, 1.82) is 0 Å². The molecule has 0 bridgehead atoms. The molecule has 1 aromatic carbocycles. The number of nitrogens with one attached hydrogen (secondary N) is 2. The van der Waals surface area contributed by atoms with Crippen molar-refractivity contribution in [3.8, 4) is 0 Å². The van der Waals surface area contributed by atoms with Crippen molar-refractivity contribution in [3.05, 3.63) is 51.2 Å². The number of carbonyl (C=O) groups excluding carboxylic acids is 2. The van der Waals surface area contributed by atoms with Crippen molar-refractivity contribution in [3.63, 3.8) is 0 Å². The number of carboxylic acid groups (broad SMARTS) is 1. The van der Waals surface area contributed by atoms with E-state index in [1.807, 2.05) is 6.92 Å². The van der Waals surface area contributed by atoms with Gasteiger partial charge >= 0.3 is 5.97 Å². The molecule has 25 heavy (non-hydrogen) atoms. The molecule has 0 aliphatic rings. The average Bonchev–Trinajstić information content (AvgIpc) is 3.10. The lowest BCUT2D eigenvalue weighted by Gasteiger charge is -2.14. The number of amides is 2. The Morgan fingerprint density at radius 3 is 2.60 bits per heavy atom. The van der Waals surface area contributed by atoms with Crippen LogP contribution in [0.3, 0.4) is 0 Å². The molecule has 2 rings (SSSR count). The number of anilines is 1. The largest absolute Gasteiger partial charge is 0.480 e. The van der Waals surface area contributed by atoms with Crippen LogP contribution in [-0.2, 0) is 4.79 Å². The van der Waals surface area contributed by atoms with Gasteiger partial charge in [0.2, 0.25) is 0 Å². The normalized spacial score (nSPS) is 11.6. The maximum Gasteiger partial charge on any atom is 0.326 e. The predicted octanol–water partition coefficient (Wildman–Crippen LogP) is 3.64. The molecular weight excluding hydrogens is 364 g/mol. The van der Waals surface area contributed by atoms with E-state index in [9.17, 15) is 14.4 Å². The van der Waals surface area contributed by atoms with Crippen molar-refractivity contribution in [2.24, 2.45) is 0 Å². The van der Waals surface area contributed by atoms with Gasteiger partial charge in [-0.15, -0.1) is 11.3 Å². The molecule has 0 aliphatic heterocycles. The SMILES string of the molecule is CCCC(NC(=O)c1ccc(Cl)c(NC(=O)c2cccs2)c1)C(=O)O. The van der Waals surface area contributed by atoms with Crippen LogP contribution in [0.25, 0.3) is 0 Å². The Balaban J connectivity index is 2.15. The van der Waals surface area contributed by atoms with Gasteiger partial charge in [-0.05, 0) is 36.1 Å². The highest BCUT2D eigenvalue weighted by atomic mass is 35.5. The van der Waals surface area contributed by atoms with E-state index in [0.29, 0.717) is 17.7 Å². The van der Waals surface area contributed by atoms with Crippen LogP contribution in [0, 0.1) is 0 Å². The van der Waals surface area contributed by atoms with E-state index in [1.165, 1.54) is 29.5 Å². The third-order valence-corrected chi connectivity index (χ3v) is 4.60. The first-order chi connectivity index (χ1) is 11.9. The zero-order valence-corrected chi connectivity index (χ0v) is 15.0. The minimum atomic E-state index is -1.09. The number of halogens is 1. The highest BCUT2D eigenvalue weighted by Gasteiger charge is 2.20.